The summed E-state index contributed by atoms with van der Waals surface area (Å²) in [6.07, 6.45) is 7.78. The Kier molecular flexibility index (Phi) is 6.95. The molecule has 30 heavy (non-hydrogen) atoms. The van der Waals surface area contributed by atoms with Gasteiger partial charge in [-0.2, -0.15) is 0 Å². The van der Waals surface area contributed by atoms with Crippen LogP contribution in [0.4, 0.5) is 0 Å². The van der Waals surface area contributed by atoms with Gasteiger partial charge in [-0.05, 0) is 59.8 Å². The Bertz CT molecular complexity index is 633. The highest BCUT2D eigenvalue weighted by atomic mass is 16.2. The predicted molar refractivity (Wildman–Crippen MR) is 118 cm³/mol. The number of amides is 3. The number of nitrogens with zero attached hydrogens (tertiary/aromatic N) is 2. The molecule has 3 aliphatic rings. The van der Waals surface area contributed by atoms with E-state index in [1.54, 1.807) is 0 Å². The summed E-state index contributed by atoms with van der Waals surface area (Å²) < 4.78 is 0. The SMILES string of the molecule is CCCCN(C(=O)CCN1C(=O)C2CCCCC2C1=O)C1CC(C)(C)NC(C)(C)C1. The van der Waals surface area contributed by atoms with E-state index in [1.807, 2.05) is 4.90 Å². The zero-order chi connectivity index (χ0) is 22.1. The van der Waals surface area contributed by atoms with Gasteiger partial charge in [0.15, 0.2) is 0 Å². The fourth-order valence-corrected chi connectivity index (χ4v) is 6.13. The molecule has 3 rings (SSSR count). The molecule has 1 N–H and O–H groups in total. The molecule has 1 saturated carbocycles. The van der Waals surface area contributed by atoms with Crippen molar-refractivity contribution in [3.05, 3.63) is 0 Å². The van der Waals surface area contributed by atoms with Crippen LogP contribution in [0.5, 0.6) is 0 Å². The van der Waals surface area contributed by atoms with Crippen LogP contribution in [0.3, 0.4) is 0 Å². The van der Waals surface area contributed by atoms with Crippen molar-refractivity contribution in [2.24, 2.45) is 11.8 Å². The third-order valence-electron chi connectivity index (χ3n) is 7.16. The summed E-state index contributed by atoms with van der Waals surface area (Å²) in [4.78, 5) is 42.3. The highest BCUT2D eigenvalue weighted by molar-refractivity contribution is 6.05. The lowest BCUT2D eigenvalue weighted by Gasteiger charge is -2.49. The van der Waals surface area contributed by atoms with Gasteiger partial charge in [-0.15, -0.1) is 0 Å². The summed E-state index contributed by atoms with van der Waals surface area (Å²) >= 11 is 0. The van der Waals surface area contributed by atoms with Gasteiger partial charge in [0.05, 0.1) is 11.8 Å². The van der Waals surface area contributed by atoms with Crippen LogP contribution in [-0.4, -0.2) is 57.7 Å². The van der Waals surface area contributed by atoms with E-state index in [0.717, 1.165) is 57.9 Å². The van der Waals surface area contributed by atoms with Crippen LogP contribution in [0.15, 0.2) is 0 Å². The van der Waals surface area contributed by atoms with Crippen molar-refractivity contribution < 1.29 is 14.4 Å². The van der Waals surface area contributed by atoms with Crippen LogP contribution >= 0.6 is 0 Å². The summed E-state index contributed by atoms with van der Waals surface area (Å²) in [6.45, 7) is 11.9. The molecule has 2 aliphatic heterocycles. The van der Waals surface area contributed by atoms with Crippen LogP contribution in [0, 0.1) is 11.8 Å². The quantitative estimate of drug-likeness (QED) is 0.641. The maximum absolute atomic E-state index is 13.3. The molecule has 0 radical (unpaired) electrons. The monoisotopic (exact) mass is 419 g/mol. The molecule has 2 atom stereocenters. The first-order valence-corrected chi connectivity index (χ1v) is 12.0. The van der Waals surface area contributed by atoms with E-state index in [-0.39, 0.29) is 59.6 Å². The minimum absolute atomic E-state index is 0.0340. The summed E-state index contributed by atoms with van der Waals surface area (Å²) in [6, 6.07) is 0.183. The van der Waals surface area contributed by atoms with Crippen LogP contribution in [0.25, 0.3) is 0 Å². The van der Waals surface area contributed by atoms with Gasteiger partial charge in [-0.1, -0.05) is 26.2 Å². The first kappa shape index (κ1) is 23.2. The third-order valence-corrected chi connectivity index (χ3v) is 7.16. The molecule has 3 fully saturated rings. The van der Waals surface area contributed by atoms with Gasteiger partial charge in [0.2, 0.25) is 17.7 Å². The maximum atomic E-state index is 13.3. The van der Waals surface area contributed by atoms with Crippen LogP contribution in [0.1, 0.15) is 92.4 Å². The van der Waals surface area contributed by atoms with Crippen LogP contribution in [-0.2, 0) is 14.4 Å². The number of imide groups is 1. The van der Waals surface area contributed by atoms with E-state index in [9.17, 15) is 14.4 Å². The molecule has 0 bridgehead atoms. The van der Waals surface area contributed by atoms with Gasteiger partial charge < -0.3 is 10.2 Å². The summed E-state index contributed by atoms with van der Waals surface area (Å²) in [5, 5.41) is 3.69. The fraction of sp³-hybridized carbons (Fsp3) is 0.875. The van der Waals surface area contributed by atoms with Gasteiger partial charge in [0.25, 0.3) is 0 Å². The lowest BCUT2D eigenvalue weighted by Crippen LogP contribution is -2.63. The van der Waals surface area contributed by atoms with E-state index < -0.39 is 0 Å². The third kappa shape index (κ3) is 5.06. The van der Waals surface area contributed by atoms with E-state index in [1.165, 1.54) is 4.90 Å². The molecule has 0 aromatic heterocycles. The number of rotatable bonds is 7. The van der Waals surface area contributed by atoms with E-state index >= 15 is 0 Å². The number of hydrogen-bond acceptors (Lipinski definition) is 4. The van der Waals surface area contributed by atoms with Crippen molar-refractivity contribution in [3.8, 4) is 0 Å². The Labute approximate surface area is 182 Å². The predicted octanol–water partition coefficient (Wildman–Crippen LogP) is 3.49. The number of nitrogens with one attached hydrogen (secondary N) is 1. The van der Waals surface area contributed by atoms with Gasteiger partial charge in [0, 0.05) is 36.6 Å². The minimum Gasteiger partial charge on any atom is -0.340 e. The average Bonchev–Trinajstić information content (AvgIpc) is 2.89. The smallest absolute Gasteiger partial charge is 0.233 e. The molecule has 170 valence electrons. The zero-order valence-electron chi connectivity index (χ0n) is 19.6. The molecule has 2 saturated heterocycles. The minimum atomic E-state index is -0.136. The molecular formula is C24H41N3O3. The molecule has 2 heterocycles. The number of likely N-dealkylation sites (tertiary alicyclic amines) is 1. The molecule has 6 nitrogen and oxygen atoms in total. The molecule has 0 spiro atoms. The number of unbranched alkanes of at least 4 members (excludes halogenated alkanes) is 1. The number of hydrogen-bond donors (Lipinski definition) is 1. The second-order valence-electron chi connectivity index (χ2n) is 11.0. The number of piperidine rings is 1. The Morgan fingerprint density at radius 2 is 1.57 bits per heavy atom. The van der Waals surface area contributed by atoms with E-state index in [4.69, 9.17) is 0 Å². The second-order valence-corrected chi connectivity index (χ2v) is 11.0. The Balaban J connectivity index is 1.67. The number of fused-ring (bicyclic) bond motifs is 1. The number of carbonyl (C=O) groups is 3. The second kappa shape index (κ2) is 8.97. The zero-order valence-corrected chi connectivity index (χ0v) is 19.6. The van der Waals surface area contributed by atoms with Crippen molar-refractivity contribution >= 4 is 17.7 Å². The molecule has 3 amide bonds. The van der Waals surface area contributed by atoms with Crippen molar-refractivity contribution in [2.45, 2.75) is 110 Å². The van der Waals surface area contributed by atoms with Gasteiger partial charge in [-0.25, -0.2) is 0 Å². The number of carbonyl (C=O) groups excluding carboxylic acids is 3. The molecule has 0 aromatic rings. The summed E-state index contributed by atoms with van der Waals surface area (Å²) in [7, 11) is 0. The first-order valence-electron chi connectivity index (χ1n) is 12.0. The molecule has 1 aliphatic carbocycles. The molecule has 6 heteroatoms. The molecule has 2 unspecified atom stereocenters. The van der Waals surface area contributed by atoms with Crippen LogP contribution in [0.2, 0.25) is 0 Å². The Hall–Kier alpha value is -1.43. The summed E-state index contributed by atoms with van der Waals surface area (Å²) in [5.41, 5.74) is -0.0680. The fourth-order valence-electron chi connectivity index (χ4n) is 6.13. The van der Waals surface area contributed by atoms with E-state index in [2.05, 4.69) is 39.9 Å². The van der Waals surface area contributed by atoms with E-state index in [0.29, 0.717) is 0 Å². The highest BCUT2D eigenvalue weighted by Crippen LogP contribution is 2.38. The molecule has 0 aromatic carbocycles. The van der Waals surface area contributed by atoms with Gasteiger partial charge in [0.1, 0.15) is 0 Å². The normalized spacial score (nSPS) is 28.5. The van der Waals surface area contributed by atoms with Crippen LogP contribution < -0.4 is 5.32 Å². The Morgan fingerprint density at radius 3 is 2.07 bits per heavy atom. The van der Waals surface area contributed by atoms with Crippen molar-refractivity contribution in [1.29, 1.82) is 0 Å². The Morgan fingerprint density at radius 1 is 1.03 bits per heavy atom. The molecular weight excluding hydrogens is 378 g/mol. The maximum Gasteiger partial charge on any atom is 0.233 e. The topological polar surface area (TPSA) is 69.7 Å². The first-order chi connectivity index (χ1) is 14.0. The summed E-state index contributed by atoms with van der Waals surface area (Å²) in [5.74, 6) is -0.270. The van der Waals surface area contributed by atoms with Crippen molar-refractivity contribution in [3.63, 3.8) is 0 Å². The van der Waals surface area contributed by atoms with Gasteiger partial charge >= 0.3 is 0 Å². The van der Waals surface area contributed by atoms with Gasteiger partial charge in [-0.3, -0.25) is 19.3 Å². The van der Waals surface area contributed by atoms with Crippen molar-refractivity contribution in [1.82, 2.24) is 15.1 Å². The largest absolute Gasteiger partial charge is 0.340 e. The standard InChI is InChI=1S/C24H41N3O3/c1-6-7-13-26(17-15-23(2,3)25-24(4,5)16-17)20(28)12-14-27-21(29)18-10-8-9-11-19(18)22(27)30/h17-19,25H,6-16H2,1-5H3. The average molecular weight is 420 g/mol. The lowest BCUT2D eigenvalue weighted by atomic mass is 9.79. The highest BCUT2D eigenvalue weighted by Gasteiger charge is 2.48. The lowest BCUT2D eigenvalue weighted by molar-refractivity contribution is -0.141. The van der Waals surface area contributed by atoms with Crippen molar-refractivity contribution in [2.75, 3.05) is 13.1 Å².